The second-order valence-corrected chi connectivity index (χ2v) is 3.59. The molecule has 18 heavy (non-hydrogen) atoms. The van der Waals surface area contributed by atoms with Crippen LogP contribution in [0.1, 0.15) is 5.69 Å². The Kier molecular flexibility index (Phi) is 4.05. The van der Waals surface area contributed by atoms with Crippen molar-refractivity contribution in [1.29, 1.82) is 0 Å². The molecule has 2 heterocycles. The van der Waals surface area contributed by atoms with Gasteiger partial charge >= 0.3 is 0 Å². The van der Waals surface area contributed by atoms with E-state index in [4.69, 9.17) is 6.58 Å². The minimum absolute atomic E-state index is 0. The molecule has 0 atom stereocenters. The summed E-state index contributed by atoms with van der Waals surface area (Å²) in [5, 5.41) is 0. The zero-order valence-corrected chi connectivity index (χ0v) is 12.5. The molecule has 0 spiro atoms. The Balaban J connectivity index is 0.00000120. The van der Waals surface area contributed by atoms with Gasteiger partial charge in [0.2, 0.25) is 5.78 Å². The Morgan fingerprint density at radius 1 is 1.17 bits per heavy atom. The van der Waals surface area contributed by atoms with Crippen molar-refractivity contribution in [3.05, 3.63) is 67.0 Å². The number of imidazole rings is 1. The molecule has 1 radical (unpaired) electrons. The fourth-order valence-electron chi connectivity index (χ4n) is 1.76. The van der Waals surface area contributed by atoms with Crippen molar-refractivity contribution in [2.45, 2.75) is 0 Å². The number of benzene rings is 1. The van der Waals surface area contributed by atoms with Gasteiger partial charge in [-0.15, -0.1) is 6.07 Å². The second kappa shape index (κ2) is 5.55. The van der Waals surface area contributed by atoms with E-state index >= 15 is 0 Å². The fraction of sp³-hybridized carbons (Fsp3) is 0. The summed E-state index contributed by atoms with van der Waals surface area (Å²) in [6, 6.07) is 9.81. The predicted octanol–water partition coefficient (Wildman–Crippen LogP) is 2.58. The summed E-state index contributed by atoms with van der Waals surface area (Å²) < 4.78 is 1.95. The first-order chi connectivity index (χ1) is 8.38. The summed E-state index contributed by atoms with van der Waals surface area (Å²) in [7, 11) is 0. The van der Waals surface area contributed by atoms with E-state index in [9.17, 15) is 0 Å². The SMILES string of the molecule is [CH-]=CC=[C-]c1ccn2c(n1)nc1ccccc12.[Y]. The molecule has 0 aliphatic heterocycles. The van der Waals surface area contributed by atoms with Crippen LogP contribution >= 0.6 is 0 Å². The van der Waals surface area contributed by atoms with Gasteiger partial charge in [0.1, 0.15) is 0 Å². The minimum Gasteiger partial charge on any atom is -0.361 e. The molecular weight excluding hydrogens is 299 g/mol. The van der Waals surface area contributed by atoms with Crippen LogP contribution in [0, 0.1) is 12.7 Å². The molecule has 0 aliphatic rings. The van der Waals surface area contributed by atoms with Crippen LogP contribution in [0.25, 0.3) is 16.8 Å². The third-order valence-corrected chi connectivity index (χ3v) is 2.51. The van der Waals surface area contributed by atoms with E-state index in [0.29, 0.717) is 5.78 Å². The average Bonchev–Trinajstić information content (AvgIpc) is 2.74. The second-order valence-electron chi connectivity index (χ2n) is 3.59. The quantitative estimate of drug-likeness (QED) is 0.538. The third-order valence-electron chi connectivity index (χ3n) is 2.51. The molecule has 3 aromatic rings. The van der Waals surface area contributed by atoms with Crippen LogP contribution in [0.2, 0.25) is 0 Å². The molecule has 3 nitrogen and oxygen atoms in total. The summed E-state index contributed by atoms with van der Waals surface area (Å²) in [6.45, 7) is 5.26. The van der Waals surface area contributed by atoms with E-state index in [1.165, 1.54) is 6.08 Å². The number of hydrogen-bond acceptors (Lipinski definition) is 2. The summed E-state index contributed by atoms with van der Waals surface area (Å²) in [5.74, 6) is 0.668. The number of para-hydroxylation sites is 2. The Morgan fingerprint density at radius 2 is 2.00 bits per heavy atom. The van der Waals surface area contributed by atoms with Gasteiger partial charge in [-0.2, -0.15) is 0 Å². The number of allylic oxidation sites excluding steroid dienone is 2. The molecule has 85 valence electrons. The molecule has 0 saturated heterocycles. The van der Waals surface area contributed by atoms with Crippen LogP contribution in [0.3, 0.4) is 0 Å². The standard InChI is InChI=1S/C14H9N3.Y/c1-2-3-6-11-9-10-17-13-8-5-4-7-12(13)16-14(17)15-11;/h1-5,7-10H;/q-2;. The molecule has 0 unspecified atom stereocenters. The summed E-state index contributed by atoms with van der Waals surface area (Å²) in [4.78, 5) is 8.82. The van der Waals surface area contributed by atoms with Gasteiger partial charge in [0.25, 0.3) is 0 Å². The average molecular weight is 308 g/mol. The Hall–Kier alpha value is -1.32. The maximum absolute atomic E-state index is 5.26. The first-order valence-electron chi connectivity index (χ1n) is 5.25. The maximum atomic E-state index is 5.26. The molecule has 0 bridgehead atoms. The molecule has 0 fully saturated rings. The van der Waals surface area contributed by atoms with Crippen molar-refractivity contribution in [3.63, 3.8) is 0 Å². The van der Waals surface area contributed by atoms with Crippen molar-refractivity contribution in [3.8, 4) is 0 Å². The number of hydrogen-bond donors (Lipinski definition) is 0. The molecule has 4 heteroatoms. The van der Waals surface area contributed by atoms with Crippen LogP contribution in [0.5, 0.6) is 0 Å². The Labute approximate surface area is 130 Å². The Bertz CT molecular complexity index is 728. The van der Waals surface area contributed by atoms with Crippen molar-refractivity contribution in [2.75, 3.05) is 0 Å². The monoisotopic (exact) mass is 308 g/mol. The van der Waals surface area contributed by atoms with Crippen LogP contribution < -0.4 is 0 Å². The number of nitrogens with zero attached hydrogens (tertiary/aromatic N) is 3. The van der Waals surface area contributed by atoms with E-state index < -0.39 is 0 Å². The zero-order valence-electron chi connectivity index (χ0n) is 9.62. The van der Waals surface area contributed by atoms with E-state index in [-0.39, 0.29) is 32.7 Å². The van der Waals surface area contributed by atoms with Gasteiger partial charge < -0.3 is 18.7 Å². The fourth-order valence-corrected chi connectivity index (χ4v) is 1.76. The smallest absolute Gasteiger partial charge is 0.232 e. The van der Waals surface area contributed by atoms with Gasteiger partial charge in [-0.25, -0.2) is 9.97 Å². The van der Waals surface area contributed by atoms with Gasteiger partial charge in [-0.1, -0.05) is 17.8 Å². The number of rotatable bonds is 2. The van der Waals surface area contributed by atoms with E-state index in [1.54, 1.807) is 6.08 Å². The van der Waals surface area contributed by atoms with Gasteiger partial charge in [0.15, 0.2) is 0 Å². The minimum atomic E-state index is 0. The van der Waals surface area contributed by atoms with Gasteiger partial charge in [-0.3, -0.25) is 10.5 Å². The van der Waals surface area contributed by atoms with Gasteiger partial charge in [0.05, 0.1) is 11.0 Å². The van der Waals surface area contributed by atoms with Crippen molar-refractivity contribution < 1.29 is 32.7 Å². The van der Waals surface area contributed by atoms with Crippen LogP contribution in [0.15, 0.2) is 48.7 Å². The molecule has 0 amide bonds. The van der Waals surface area contributed by atoms with E-state index in [0.717, 1.165) is 16.7 Å². The number of aromatic nitrogens is 3. The molecule has 0 aliphatic carbocycles. The molecule has 3 rings (SSSR count). The van der Waals surface area contributed by atoms with Gasteiger partial charge in [0, 0.05) is 32.7 Å². The van der Waals surface area contributed by atoms with Crippen LogP contribution in [-0.4, -0.2) is 14.4 Å². The molecule has 0 N–H and O–H groups in total. The summed E-state index contributed by atoms with van der Waals surface area (Å²) in [6.07, 6.45) is 7.95. The third kappa shape index (κ3) is 2.29. The van der Waals surface area contributed by atoms with E-state index in [2.05, 4.69) is 16.0 Å². The largest absolute Gasteiger partial charge is 0.361 e. The molecule has 1 aromatic carbocycles. The predicted molar refractivity (Wildman–Crippen MR) is 66.3 cm³/mol. The van der Waals surface area contributed by atoms with E-state index in [1.807, 2.05) is 40.9 Å². The van der Waals surface area contributed by atoms with Gasteiger partial charge in [-0.05, 0) is 18.3 Å². The van der Waals surface area contributed by atoms with Crippen LogP contribution in [-0.2, 0) is 32.7 Å². The van der Waals surface area contributed by atoms with Crippen molar-refractivity contribution in [1.82, 2.24) is 14.4 Å². The summed E-state index contributed by atoms with van der Waals surface area (Å²) in [5.41, 5.74) is 2.71. The molecule has 2 aromatic heterocycles. The van der Waals surface area contributed by atoms with Crippen molar-refractivity contribution >= 4 is 16.8 Å². The number of fused-ring (bicyclic) bond motifs is 3. The van der Waals surface area contributed by atoms with Crippen molar-refractivity contribution in [2.24, 2.45) is 0 Å². The topological polar surface area (TPSA) is 30.2 Å². The maximum Gasteiger partial charge on any atom is 0.232 e. The van der Waals surface area contributed by atoms with Crippen LogP contribution in [0.4, 0.5) is 0 Å². The summed E-state index contributed by atoms with van der Waals surface area (Å²) >= 11 is 0. The molecule has 0 saturated carbocycles. The normalized spacial score (nSPS) is 10.9. The first-order valence-corrected chi connectivity index (χ1v) is 5.25. The zero-order chi connectivity index (χ0) is 11.7. The molecular formula is C14H9N3Y-2. The first kappa shape index (κ1) is 13.1. The Morgan fingerprint density at radius 3 is 2.83 bits per heavy atom.